The summed E-state index contributed by atoms with van der Waals surface area (Å²) in [5, 5.41) is 2.77. The summed E-state index contributed by atoms with van der Waals surface area (Å²) < 4.78 is 22.0. The predicted molar refractivity (Wildman–Crippen MR) is 74.2 cm³/mol. The highest BCUT2D eigenvalue weighted by Gasteiger charge is 2.28. The quantitative estimate of drug-likeness (QED) is 0.816. The molecule has 1 aromatic carbocycles. The van der Waals surface area contributed by atoms with Gasteiger partial charge >= 0.3 is 7.60 Å². The number of aryl methyl sites for hydroxylation is 1. The van der Waals surface area contributed by atoms with Gasteiger partial charge in [-0.3, -0.25) is 9.36 Å². The Balaban J connectivity index is 2.98. The van der Waals surface area contributed by atoms with Crippen molar-refractivity contribution < 1.29 is 18.4 Å². The lowest BCUT2D eigenvalue weighted by atomic mass is 10.1. The van der Waals surface area contributed by atoms with Gasteiger partial charge in [0.1, 0.15) is 0 Å². The first-order chi connectivity index (χ1) is 8.90. The first-order valence-corrected chi connectivity index (χ1v) is 7.67. The molecule has 0 bridgehead atoms. The Morgan fingerprint density at radius 3 is 2.21 bits per heavy atom. The largest absolute Gasteiger partial charge is 0.349 e. The highest BCUT2D eigenvalue weighted by molar-refractivity contribution is 7.53. The van der Waals surface area contributed by atoms with E-state index in [-0.39, 0.29) is 12.1 Å². The zero-order chi connectivity index (χ0) is 14.5. The molecule has 0 fully saturated rings. The van der Waals surface area contributed by atoms with E-state index in [1.807, 2.05) is 31.2 Å². The van der Waals surface area contributed by atoms with Crippen molar-refractivity contribution in [1.82, 2.24) is 5.32 Å². The lowest BCUT2D eigenvalue weighted by molar-refractivity contribution is -0.119. The molecule has 5 nitrogen and oxygen atoms in total. The lowest BCUT2D eigenvalue weighted by Crippen LogP contribution is -2.29. The second-order valence-corrected chi connectivity index (χ2v) is 6.64. The fourth-order valence-electron chi connectivity index (χ4n) is 1.73. The smallest absolute Gasteiger partial charge is 0.332 e. The van der Waals surface area contributed by atoms with Crippen molar-refractivity contribution in [2.75, 3.05) is 20.4 Å². The fraction of sp³-hybridized carbons (Fsp3) is 0.462. The Morgan fingerprint density at radius 2 is 1.79 bits per heavy atom. The molecular weight excluding hydrogens is 265 g/mol. The van der Waals surface area contributed by atoms with Gasteiger partial charge in [0.15, 0.2) is 0 Å². The highest BCUT2D eigenvalue weighted by Crippen LogP contribution is 2.49. The molecule has 0 heterocycles. The molecule has 0 aliphatic carbocycles. The summed E-state index contributed by atoms with van der Waals surface area (Å²) in [7, 11) is -0.510. The molecule has 0 aromatic heterocycles. The molecule has 1 amide bonds. The first-order valence-electron chi connectivity index (χ1n) is 5.94. The van der Waals surface area contributed by atoms with Gasteiger partial charge in [-0.25, -0.2) is 0 Å². The number of rotatable bonds is 6. The van der Waals surface area contributed by atoms with Crippen molar-refractivity contribution in [1.29, 1.82) is 0 Å². The van der Waals surface area contributed by atoms with Crippen molar-refractivity contribution in [3.05, 3.63) is 35.4 Å². The second-order valence-electron chi connectivity index (χ2n) is 4.32. The van der Waals surface area contributed by atoms with Gasteiger partial charge < -0.3 is 14.4 Å². The molecule has 1 N–H and O–H groups in total. The molecule has 0 spiro atoms. The summed E-state index contributed by atoms with van der Waals surface area (Å²) >= 11 is 0. The summed E-state index contributed by atoms with van der Waals surface area (Å²) in [5.74, 6) is -0.190. The normalized spacial score (nSPS) is 13.1. The molecule has 0 saturated carbocycles. The van der Waals surface area contributed by atoms with Crippen molar-refractivity contribution in [2.24, 2.45) is 0 Å². The third-order valence-electron chi connectivity index (χ3n) is 2.82. The van der Waals surface area contributed by atoms with Crippen LogP contribution < -0.4 is 5.32 Å². The van der Waals surface area contributed by atoms with Gasteiger partial charge in [0, 0.05) is 21.1 Å². The second kappa shape index (κ2) is 6.85. The number of hydrogen-bond donors (Lipinski definition) is 1. The third-order valence-corrected chi connectivity index (χ3v) is 4.74. The molecule has 0 unspecified atom stereocenters. The molecule has 0 aliphatic rings. The molecule has 1 aromatic rings. The molecule has 19 heavy (non-hydrogen) atoms. The van der Waals surface area contributed by atoms with E-state index in [1.54, 1.807) is 0 Å². The topological polar surface area (TPSA) is 64.6 Å². The van der Waals surface area contributed by atoms with E-state index in [1.165, 1.54) is 21.1 Å². The minimum absolute atomic E-state index is 0.0998. The van der Waals surface area contributed by atoms with Gasteiger partial charge in [0.05, 0.1) is 12.2 Å². The first kappa shape index (κ1) is 15.9. The van der Waals surface area contributed by atoms with Crippen LogP contribution >= 0.6 is 7.60 Å². The van der Waals surface area contributed by atoms with Gasteiger partial charge in [-0.2, -0.15) is 0 Å². The maximum atomic E-state index is 12.2. The predicted octanol–water partition coefficient (Wildman–Crippen LogP) is 2.66. The van der Waals surface area contributed by atoms with E-state index in [0.717, 1.165) is 11.1 Å². The highest BCUT2D eigenvalue weighted by atomic mass is 31.2. The van der Waals surface area contributed by atoms with Crippen molar-refractivity contribution in [3.8, 4) is 0 Å². The Labute approximate surface area is 113 Å². The monoisotopic (exact) mass is 285 g/mol. The lowest BCUT2D eigenvalue weighted by Gasteiger charge is -2.22. The van der Waals surface area contributed by atoms with Crippen molar-refractivity contribution >= 4 is 13.5 Å². The van der Waals surface area contributed by atoms with Crippen LogP contribution in [0.25, 0.3) is 0 Å². The number of benzene rings is 1. The molecule has 0 radical (unpaired) electrons. The fourth-order valence-corrected chi connectivity index (χ4v) is 2.92. The van der Waals surface area contributed by atoms with Crippen LogP contribution in [0.2, 0.25) is 0 Å². The summed E-state index contributed by atoms with van der Waals surface area (Å²) in [6.07, 6.45) is 0.0998. The molecule has 0 aliphatic heterocycles. The van der Waals surface area contributed by atoms with Crippen LogP contribution in [0.1, 0.15) is 24.1 Å². The minimum Gasteiger partial charge on any atom is -0.349 e. The van der Waals surface area contributed by atoms with Crippen LogP contribution in [0.3, 0.4) is 0 Å². The number of carbonyl (C=O) groups is 1. The summed E-state index contributed by atoms with van der Waals surface area (Å²) in [5.41, 5.74) is 1.99. The van der Waals surface area contributed by atoms with Crippen LogP contribution in [0.5, 0.6) is 0 Å². The van der Waals surface area contributed by atoms with Crippen LogP contribution in [0.4, 0.5) is 0 Å². The number of nitrogens with one attached hydrogen (secondary N) is 1. The van der Waals surface area contributed by atoms with E-state index in [0.29, 0.717) is 0 Å². The van der Waals surface area contributed by atoms with Crippen LogP contribution in [0.15, 0.2) is 24.3 Å². The average molecular weight is 285 g/mol. The average Bonchev–Trinajstić information content (AvgIpc) is 2.38. The maximum Gasteiger partial charge on any atom is 0.332 e. The van der Waals surface area contributed by atoms with Gasteiger partial charge in [0.25, 0.3) is 0 Å². The minimum atomic E-state index is -3.19. The molecule has 6 heteroatoms. The number of carbonyl (C=O) groups excluding carboxylic acids is 1. The summed E-state index contributed by atoms with van der Waals surface area (Å²) in [6, 6.07) is 7.27. The Kier molecular flexibility index (Phi) is 5.73. The van der Waals surface area contributed by atoms with Crippen LogP contribution in [0, 0.1) is 6.92 Å². The summed E-state index contributed by atoms with van der Waals surface area (Å²) in [6.45, 7) is 3.40. The molecule has 106 valence electrons. The van der Waals surface area contributed by atoms with Gasteiger partial charge in [-0.1, -0.05) is 29.8 Å². The third kappa shape index (κ3) is 4.78. The molecule has 1 rings (SSSR count). The standard InChI is InChI=1S/C13H20NO4P/c1-10-5-7-12(8-6-10)13(14-11(2)15)9-19(16,17-3)18-4/h5-8,13H,9H2,1-4H3,(H,14,15)/t13-/m1/s1. The Morgan fingerprint density at radius 1 is 1.26 bits per heavy atom. The molecule has 1 atom stereocenters. The van der Waals surface area contributed by atoms with Gasteiger partial charge in [0.2, 0.25) is 5.91 Å². The maximum absolute atomic E-state index is 12.2. The van der Waals surface area contributed by atoms with E-state index in [9.17, 15) is 9.36 Å². The van der Waals surface area contributed by atoms with Gasteiger partial charge in [-0.05, 0) is 12.5 Å². The Bertz CT molecular complexity index is 464. The van der Waals surface area contributed by atoms with Crippen molar-refractivity contribution in [2.45, 2.75) is 19.9 Å². The van der Waals surface area contributed by atoms with E-state index in [2.05, 4.69) is 5.32 Å². The van der Waals surface area contributed by atoms with Crippen LogP contribution in [-0.4, -0.2) is 26.3 Å². The zero-order valence-electron chi connectivity index (χ0n) is 11.7. The van der Waals surface area contributed by atoms with Crippen LogP contribution in [-0.2, 0) is 18.4 Å². The van der Waals surface area contributed by atoms with E-state index >= 15 is 0 Å². The SMILES string of the molecule is COP(=O)(C[C@@H](NC(C)=O)c1ccc(C)cc1)OC. The number of amides is 1. The summed E-state index contributed by atoms with van der Waals surface area (Å²) in [4.78, 5) is 11.3. The van der Waals surface area contributed by atoms with E-state index in [4.69, 9.17) is 9.05 Å². The van der Waals surface area contributed by atoms with Crippen molar-refractivity contribution in [3.63, 3.8) is 0 Å². The zero-order valence-corrected chi connectivity index (χ0v) is 12.6. The molecular formula is C13H20NO4P. The Hall–Kier alpha value is -1.16. The van der Waals surface area contributed by atoms with Gasteiger partial charge in [-0.15, -0.1) is 0 Å². The number of hydrogen-bond acceptors (Lipinski definition) is 4. The molecule has 0 saturated heterocycles. The van der Waals surface area contributed by atoms with E-state index < -0.39 is 13.6 Å².